The van der Waals surface area contributed by atoms with E-state index in [0.29, 0.717) is 0 Å². The first-order valence-corrected chi connectivity index (χ1v) is 20.1. The Kier molecular flexibility index (Phi) is 7.54. The lowest BCUT2D eigenvalue weighted by Crippen LogP contribution is -2.11. The molecule has 0 radical (unpaired) electrons. The number of furan rings is 2. The molecule has 0 unspecified atom stereocenters. The van der Waals surface area contributed by atoms with Gasteiger partial charge >= 0.3 is 0 Å². The largest absolute Gasteiger partial charge is 0.456 e. The maximum absolute atomic E-state index is 6.91. The van der Waals surface area contributed by atoms with Gasteiger partial charge in [0.15, 0.2) is 0 Å². The minimum Gasteiger partial charge on any atom is -0.456 e. The van der Waals surface area contributed by atoms with E-state index in [0.717, 1.165) is 88.6 Å². The van der Waals surface area contributed by atoms with Gasteiger partial charge in [-0.25, -0.2) is 0 Å². The lowest BCUT2D eigenvalue weighted by molar-refractivity contribution is 0.669. The maximum atomic E-state index is 6.91. The van der Waals surface area contributed by atoms with Crippen molar-refractivity contribution in [2.45, 2.75) is 0 Å². The molecule has 3 heteroatoms. The number of rotatable bonds is 6. The van der Waals surface area contributed by atoms with Crippen molar-refractivity contribution in [3.05, 3.63) is 212 Å². The van der Waals surface area contributed by atoms with Crippen molar-refractivity contribution >= 4 is 82.5 Å². The summed E-state index contributed by atoms with van der Waals surface area (Å²) in [5.74, 6) is 0. The topological polar surface area (TPSA) is 29.5 Å². The van der Waals surface area contributed by atoms with Crippen LogP contribution >= 0.6 is 0 Å². The molecule has 3 nitrogen and oxygen atoms in total. The molecule has 276 valence electrons. The van der Waals surface area contributed by atoms with Gasteiger partial charge in [-0.05, 0) is 93.0 Å². The molecule has 0 atom stereocenters. The number of fused-ring (bicyclic) bond motifs is 9. The summed E-state index contributed by atoms with van der Waals surface area (Å²) >= 11 is 0. The van der Waals surface area contributed by atoms with Crippen LogP contribution in [0.4, 0.5) is 17.1 Å². The third-order valence-corrected chi connectivity index (χ3v) is 11.9. The highest BCUT2D eigenvalue weighted by Gasteiger charge is 2.22. The lowest BCUT2D eigenvalue weighted by atomic mass is 9.97. The number of benzene rings is 10. The molecule has 0 aliphatic rings. The molecule has 0 fully saturated rings. The monoisotopic (exact) mass is 753 g/mol. The quantitative estimate of drug-likeness (QED) is 0.169. The van der Waals surface area contributed by atoms with Gasteiger partial charge in [0, 0.05) is 49.4 Å². The zero-order valence-corrected chi connectivity index (χ0v) is 32.0. The Morgan fingerprint density at radius 2 is 0.898 bits per heavy atom. The van der Waals surface area contributed by atoms with E-state index < -0.39 is 0 Å². The Morgan fingerprint density at radius 1 is 0.288 bits per heavy atom. The van der Waals surface area contributed by atoms with Gasteiger partial charge in [-0.15, -0.1) is 0 Å². The van der Waals surface area contributed by atoms with Crippen molar-refractivity contribution in [2.24, 2.45) is 0 Å². The van der Waals surface area contributed by atoms with E-state index in [9.17, 15) is 0 Å². The van der Waals surface area contributed by atoms with Crippen LogP contribution in [0.2, 0.25) is 0 Å². The number of hydrogen-bond donors (Lipinski definition) is 0. The summed E-state index contributed by atoms with van der Waals surface area (Å²) in [5, 5.41) is 9.21. The first kappa shape index (κ1) is 33.3. The first-order chi connectivity index (χ1) is 29.2. The highest BCUT2D eigenvalue weighted by molar-refractivity contribution is 6.18. The molecule has 0 saturated heterocycles. The minimum absolute atomic E-state index is 0.881. The molecule has 0 bridgehead atoms. The first-order valence-electron chi connectivity index (χ1n) is 20.1. The van der Waals surface area contributed by atoms with Crippen molar-refractivity contribution in [3.8, 4) is 33.4 Å². The summed E-state index contributed by atoms with van der Waals surface area (Å²) in [4.78, 5) is 2.38. The van der Waals surface area contributed by atoms with Crippen LogP contribution in [0.5, 0.6) is 0 Å². The molecule has 0 aliphatic carbocycles. The van der Waals surface area contributed by atoms with Crippen molar-refractivity contribution in [3.63, 3.8) is 0 Å². The van der Waals surface area contributed by atoms with E-state index in [1.54, 1.807) is 0 Å². The van der Waals surface area contributed by atoms with Gasteiger partial charge in [0.2, 0.25) is 0 Å². The molecular formula is C56H35NO2. The van der Waals surface area contributed by atoms with E-state index >= 15 is 0 Å². The summed E-state index contributed by atoms with van der Waals surface area (Å²) in [6.45, 7) is 0. The zero-order valence-electron chi connectivity index (χ0n) is 32.0. The maximum Gasteiger partial charge on any atom is 0.143 e. The smallest absolute Gasteiger partial charge is 0.143 e. The van der Waals surface area contributed by atoms with Crippen LogP contribution in [0.15, 0.2) is 221 Å². The fourth-order valence-electron chi connectivity index (χ4n) is 9.06. The number of nitrogens with zero attached hydrogens (tertiary/aromatic N) is 1. The molecular weight excluding hydrogens is 719 g/mol. The van der Waals surface area contributed by atoms with Crippen molar-refractivity contribution in [1.29, 1.82) is 0 Å². The highest BCUT2D eigenvalue weighted by atomic mass is 16.3. The predicted octanol–water partition coefficient (Wildman–Crippen LogP) is 16.3. The third kappa shape index (κ3) is 5.44. The van der Waals surface area contributed by atoms with Crippen LogP contribution in [0, 0.1) is 0 Å². The van der Waals surface area contributed by atoms with E-state index in [4.69, 9.17) is 8.83 Å². The highest BCUT2D eigenvalue weighted by Crippen LogP contribution is 2.46. The van der Waals surface area contributed by atoms with Crippen LogP contribution in [0.1, 0.15) is 0 Å². The lowest BCUT2D eigenvalue weighted by Gasteiger charge is -2.28. The third-order valence-electron chi connectivity index (χ3n) is 11.9. The van der Waals surface area contributed by atoms with Crippen molar-refractivity contribution in [1.82, 2.24) is 0 Å². The average molecular weight is 754 g/mol. The van der Waals surface area contributed by atoms with E-state index in [1.807, 2.05) is 12.1 Å². The molecule has 0 amide bonds. The van der Waals surface area contributed by atoms with Crippen molar-refractivity contribution in [2.75, 3.05) is 4.90 Å². The molecule has 0 spiro atoms. The molecule has 10 aromatic carbocycles. The molecule has 0 aliphatic heterocycles. The molecule has 0 N–H and O–H groups in total. The standard InChI is InChI=1S/C56H35NO2/c1-3-17-43-36(12-1)14-10-21-44(43)38-26-30-41(31-27-38)57(42-16-9-15-39(34-42)40-29-33-54-51(35-40)47-20-6-8-25-53(47)58-54)52-24-7-5-19-46(52)48-22-11-23-49-50-32-28-37-13-2-4-18-45(37)55(50)59-56(48)49/h1-35H. The second-order valence-corrected chi connectivity index (χ2v) is 15.2. The van der Waals surface area contributed by atoms with Gasteiger partial charge in [-0.2, -0.15) is 0 Å². The summed E-state index contributed by atoms with van der Waals surface area (Å²) in [5.41, 5.74) is 13.5. The van der Waals surface area contributed by atoms with Crippen molar-refractivity contribution < 1.29 is 8.83 Å². The minimum atomic E-state index is 0.881. The Balaban J connectivity index is 1.05. The average Bonchev–Trinajstić information content (AvgIpc) is 3.88. The van der Waals surface area contributed by atoms with Crippen LogP contribution in [-0.4, -0.2) is 0 Å². The Morgan fingerprint density at radius 3 is 1.80 bits per heavy atom. The normalized spacial score (nSPS) is 11.7. The second-order valence-electron chi connectivity index (χ2n) is 15.2. The Labute approximate surface area is 340 Å². The second kappa shape index (κ2) is 13.4. The number of para-hydroxylation sites is 3. The summed E-state index contributed by atoms with van der Waals surface area (Å²) in [7, 11) is 0. The van der Waals surface area contributed by atoms with Gasteiger partial charge in [0.25, 0.3) is 0 Å². The van der Waals surface area contributed by atoms with E-state index in [1.165, 1.54) is 27.3 Å². The molecule has 12 rings (SSSR count). The van der Waals surface area contributed by atoms with Gasteiger partial charge in [0.1, 0.15) is 22.3 Å². The summed E-state index contributed by atoms with van der Waals surface area (Å²) in [6, 6.07) is 75.8. The van der Waals surface area contributed by atoms with Crippen LogP contribution in [0.25, 0.3) is 98.8 Å². The Bertz CT molecular complexity index is 3570. The molecule has 0 saturated carbocycles. The fourth-order valence-corrected chi connectivity index (χ4v) is 9.06. The Hall–Kier alpha value is -7.88. The molecule has 2 aromatic heterocycles. The van der Waals surface area contributed by atoms with Gasteiger partial charge < -0.3 is 13.7 Å². The fraction of sp³-hybridized carbons (Fsp3) is 0. The number of anilines is 3. The van der Waals surface area contributed by atoms with Gasteiger partial charge in [-0.3, -0.25) is 0 Å². The SMILES string of the molecule is c1cc(-c2ccc3oc4ccccc4c3c2)cc(N(c2ccc(-c3cccc4ccccc34)cc2)c2ccccc2-c2cccc3c2oc2c4ccccc4ccc32)c1. The van der Waals surface area contributed by atoms with Crippen LogP contribution in [0.3, 0.4) is 0 Å². The zero-order chi connectivity index (χ0) is 38.9. The van der Waals surface area contributed by atoms with E-state index in [-0.39, 0.29) is 0 Å². The summed E-state index contributed by atoms with van der Waals surface area (Å²) < 4.78 is 13.1. The molecule has 2 heterocycles. The van der Waals surface area contributed by atoms with Crippen LogP contribution < -0.4 is 4.90 Å². The molecule has 12 aromatic rings. The van der Waals surface area contributed by atoms with Crippen LogP contribution in [-0.2, 0) is 0 Å². The summed E-state index contributed by atoms with van der Waals surface area (Å²) in [6.07, 6.45) is 0. The predicted molar refractivity (Wildman–Crippen MR) is 247 cm³/mol. The van der Waals surface area contributed by atoms with E-state index in [2.05, 4.69) is 205 Å². The van der Waals surface area contributed by atoms with Gasteiger partial charge in [0.05, 0.1) is 5.69 Å². The molecule has 59 heavy (non-hydrogen) atoms. The number of hydrogen-bond acceptors (Lipinski definition) is 3. The van der Waals surface area contributed by atoms with Gasteiger partial charge in [-0.1, -0.05) is 158 Å².